The van der Waals surface area contributed by atoms with Gasteiger partial charge in [0.2, 0.25) is 0 Å². The number of esters is 1. The topological polar surface area (TPSA) is 39.4 Å². The number of ether oxygens (including phenoxy) is 1. The van der Waals surface area contributed by atoms with Crippen molar-refractivity contribution in [3.63, 3.8) is 0 Å². The lowest BCUT2D eigenvalue weighted by molar-refractivity contribution is 0.0526. The summed E-state index contributed by atoms with van der Waals surface area (Å²) in [5.41, 5.74) is 2.57. The van der Waals surface area contributed by atoms with Gasteiger partial charge in [0, 0.05) is 11.8 Å². The Kier molecular flexibility index (Phi) is 4.40. The van der Waals surface area contributed by atoms with Crippen molar-refractivity contribution in [2.24, 2.45) is 0 Å². The van der Waals surface area contributed by atoms with Gasteiger partial charge in [0.15, 0.2) is 0 Å². The van der Waals surface area contributed by atoms with Crippen LogP contribution < -0.4 is 0 Å². The first-order chi connectivity index (χ1) is 9.88. The highest BCUT2D eigenvalue weighted by Crippen LogP contribution is 2.32. The van der Waals surface area contributed by atoms with Crippen LogP contribution in [0.5, 0.6) is 0 Å². The summed E-state index contributed by atoms with van der Waals surface area (Å²) in [5.74, 6) is 0.447. The molecule has 0 bridgehead atoms. The van der Waals surface area contributed by atoms with E-state index in [9.17, 15) is 4.79 Å². The SMILES string of the molecule is CCCc1oc2ccc(C(C)(C)C)cc2c1C(=O)OCC. The van der Waals surface area contributed by atoms with E-state index in [0.717, 1.165) is 29.6 Å². The van der Waals surface area contributed by atoms with Crippen LogP contribution in [0.3, 0.4) is 0 Å². The predicted octanol–water partition coefficient (Wildman–Crippen LogP) is 4.86. The van der Waals surface area contributed by atoms with E-state index >= 15 is 0 Å². The smallest absolute Gasteiger partial charge is 0.342 e. The number of hydrogen-bond donors (Lipinski definition) is 0. The third kappa shape index (κ3) is 3.12. The van der Waals surface area contributed by atoms with Gasteiger partial charge in [-0.05, 0) is 36.5 Å². The Morgan fingerprint density at radius 3 is 2.52 bits per heavy atom. The van der Waals surface area contributed by atoms with Crippen molar-refractivity contribution in [3.8, 4) is 0 Å². The van der Waals surface area contributed by atoms with E-state index in [1.54, 1.807) is 0 Å². The average molecular weight is 288 g/mol. The molecule has 1 aromatic heterocycles. The fraction of sp³-hybridized carbons (Fsp3) is 0.500. The van der Waals surface area contributed by atoms with Gasteiger partial charge in [-0.2, -0.15) is 0 Å². The van der Waals surface area contributed by atoms with Crippen LogP contribution in [0.1, 0.15) is 62.7 Å². The molecule has 0 spiro atoms. The second kappa shape index (κ2) is 5.92. The highest BCUT2D eigenvalue weighted by molar-refractivity contribution is 6.04. The number of aryl methyl sites for hydroxylation is 1. The van der Waals surface area contributed by atoms with E-state index in [0.29, 0.717) is 12.2 Å². The molecule has 3 nitrogen and oxygen atoms in total. The van der Waals surface area contributed by atoms with Crippen molar-refractivity contribution in [2.75, 3.05) is 6.61 Å². The summed E-state index contributed by atoms with van der Waals surface area (Å²) in [5, 5.41) is 0.865. The molecule has 0 radical (unpaired) electrons. The Morgan fingerprint density at radius 2 is 1.95 bits per heavy atom. The standard InChI is InChI=1S/C18H24O3/c1-6-8-15-16(17(19)20-7-2)13-11-12(18(3,4)5)9-10-14(13)21-15/h9-11H,6-8H2,1-5H3. The van der Waals surface area contributed by atoms with Crippen LogP contribution in [0.2, 0.25) is 0 Å². The zero-order chi connectivity index (χ0) is 15.6. The van der Waals surface area contributed by atoms with Gasteiger partial charge >= 0.3 is 5.97 Å². The molecule has 0 unspecified atom stereocenters. The lowest BCUT2D eigenvalue weighted by atomic mass is 9.86. The second-order valence-electron chi connectivity index (χ2n) is 6.33. The van der Waals surface area contributed by atoms with E-state index in [1.807, 2.05) is 13.0 Å². The number of rotatable bonds is 4. The van der Waals surface area contributed by atoms with Crippen LogP contribution in [0, 0.1) is 0 Å². The molecule has 3 heteroatoms. The quantitative estimate of drug-likeness (QED) is 0.754. The Morgan fingerprint density at radius 1 is 1.24 bits per heavy atom. The van der Waals surface area contributed by atoms with Crippen molar-refractivity contribution in [1.29, 1.82) is 0 Å². The number of furan rings is 1. The maximum Gasteiger partial charge on any atom is 0.342 e. The number of carbonyl (C=O) groups is 1. The first-order valence-corrected chi connectivity index (χ1v) is 7.61. The fourth-order valence-corrected chi connectivity index (χ4v) is 2.44. The van der Waals surface area contributed by atoms with E-state index in [1.165, 1.54) is 5.56 Å². The van der Waals surface area contributed by atoms with Crippen molar-refractivity contribution in [3.05, 3.63) is 35.1 Å². The highest BCUT2D eigenvalue weighted by atomic mass is 16.5. The molecule has 21 heavy (non-hydrogen) atoms. The first-order valence-electron chi connectivity index (χ1n) is 7.61. The van der Waals surface area contributed by atoms with Gasteiger partial charge in [-0.25, -0.2) is 4.79 Å². The van der Waals surface area contributed by atoms with E-state index in [-0.39, 0.29) is 11.4 Å². The Labute approximate surface area is 126 Å². The van der Waals surface area contributed by atoms with Crippen LogP contribution in [0.4, 0.5) is 0 Å². The van der Waals surface area contributed by atoms with Gasteiger partial charge in [-0.3, -0.25) is 0 Å². The van der Waals surface area contributed by atoms with Crippen LogP contribution in [-0.4, -0.2) is 12.6 Å². The molecule has 0 aliphatic rings. The van der Waals surface area contributed by atoms with Gasteiger partial charge in [-0.1, -0.05) is 33.8 Å². The lowest BCUT2D eigenvalue weighted by Crippen LogP contribution is -2.11. The molecule has 0 aliphatic carbocycles. The van der Waals surface area contributed by atoms with Crippen molar-refractivity contribution < 1.29 is 13.9 Å². The zero-order valence-corrected chi connectivity index (χ0v) is 13.6. The summed E-state index contributed by atoms with van der Waals surface area (Å²) in [4.78, 5) is 12.3. The summed E-state index contributed by atoms with van der Waals surface area (Å²) < 4.78 is 11.1. The van der Waals surface area contributed by atoms with E-state index in [4.69, 9.17) is 9.15 Å². The highest BCUT2D eigenvalue weighted by Gasteiger charge is 2.23. The molecular formula is C18H24O3. The fourth-order valence-electron chi connectivity index (χ4n) is 2.44. The Bertz CT molecular complexity index is 644. The van der Waals surface area contributed by atoms with Gasteiger partial charge < -0.3 is 9.15 Å². The summed E-state index contributed by atoms with van der Waals surface area (Å²) in [6, 6.07) is 6.08. The minimum Gasteiger partial charge on any atom is -0.462 e. The molecule has 2 rings (SSSR count). The molecule has 114 valence electrons. The molecule has 0 amide bonds. The Balaban J connectivity index is 2.64. The molecule has 0 N–H and O–H groups in total. The van der Waals surface area contributed by atoms with E-state index < -0.39 is 0 Å². The van der Waals surface area contributed by atoms with Gasteiger partial charge in [0.1, 0.15) is 16.9 Å². The third-order valence-electron chi connectivity index (χ3n) is 3.58. The average Bonchev–Trinajstić information content (AvgIpc) is 2.75. The van der Waals surface area contributed by atoms with Crippen LogP contribution in [0.25, 0.3) is 11.0 Å². The van der Waals surface area contributed by atoms with Gasteiger partial charge in [-0.15, -0.1) is 0 Å². The molecular weight excluding hydrogens is 264 g/mol. The number of fused-ring (bicyclic) bond motifs is 1. The van der Waals surface area contributed by atoms with E-state index in [2.05, 4.69) is 39.8 Å². The maximum atomic E-state index is 12.3. The molecule has 1 aromatic carbocycles. The number of hydrogen-bond acceptors (Lipinski definition) is 3. The molecule has 0 saturated heterocycles. The van der Waals surface area contributed by atoms with Crippen molar-refractivity contribution in [1.82, 2.24) is 0 Å². The van der Waals surface area contributed by atoms with Crippen molar-refractivity contribution >= 4 is 16.9 Å². The summed E-state index contributed by atoms with van der Waals surface area (Å²) in [6.07, 6.45) is 1.67. The van der Waals surface area contributed by atoms with Gasteiger partial charge in [0.05, 0.1) is 6.61 Å². The van der Waals surface area contributed by atoms with Crippen LogP contribution in [0.15, 0.2) is 22.6 Å². The minimum atomic E-state index is -0.286. The molecule has 0 fully saturated rings. The molecule has 0 saturated carbocycles. The summed E-state index contributed by atoms with van der Waals surface area (Å²) >= 11 is 0. The zero-order valence-electron chi connectivity index (χ0n) is 13.6. The predicted molar refractivity (Wildman–Crippen MR) is 84.9 cm³/mol. The second-order valence-corrected chi connectivity index (χ2v) is 6.33. The molecule has 2 aromatic rings. The largest absolute Gasteiger partial charge is 0.462 e. The molecule has 0 aliphatic heterocycles. The number of carbonyl (C=O) groups excluding carboxylic acids is 1. The summed E-state index contributed by atoms with van der Waals surface area (Å²) in [6.45, 7) is 10.7. The molecule has 1 heterocycles. The summed E-state index contributed by atoms with van der Waals surface area (Å²) in [7, 11) is 0. The minimum absolute atomic E-state index is 0.0301. The monoisotopic (exact) mass is 288 g/mol. The van der Waals surface area contributed by atoms with Crippen LogP contribution in [-0.2, 0) is 16.6 Å². The number of benzene rings is 1. The normalized spacial score (nSPS) is 11.9. The maximum absolute atomic E-state index is 12.3. The third-order valence-corrected chi connectivity index (χ3v) is 3.58. The van der Waals surface area contributed by atoms with Crippen molar-refractivity contribution in [2.45, 2.75) is 52.9 Å². The Hall–Kier alpha value is -1.77. The van der Waals surface area contributed by atoms with Gasteiger partial charge in [0.25, 0.3) is 0 Å². The van der Waals surface area contributed by atoms with Crippen LogP contribution >= 0.6 is 0 Å². The first kappa shape index (κ1) is 15.6. The molecule has 0 atom stereocenters. The lowest BCUT2D eigenvalue weighted by Gasteiger charge is -2.18.